The van der Waals surface area contributed by atoms with Gasteiger partial charge in [0.05, 0.1) is 6.10 Å². The molecule has 0 N–H and O–H groups in total. The number of carbonyl (C=O) groups is 1. The summed E-state index contributed by atoms with van der Waals surface area (Å²) in [5.41, 5.74) is 0.0446. The normalized spacial score (nSPS) is 11.4. The van der Waals surface area contributed by atoms with Gasteiger partial charge < -0.3 is 4.74 Å². The van der Waals surface area contributed by atoms with E-state index in [4.69, 9.17) is 10.00 Å². The number of aryl methyl sites for hydroxylation is 1. The first-order chi connectivity index (χ1) is 8.06. The molecule has 1 heterocycles. The number of thiophene rings is 1. The van der Waals surface area contributed by atoms with Crippen LogP contribution in [0.4, 0.5) is 0 Å². The molecule has 0 spiro atoms. The van der Waals surface area contributed by atoms with Gasteiger partial charge in [0, 0.05) is 9.75 Å². The van der Waals surface area contributed by atoms with Gasteiger partial charge in [0.25, 0.3) is 0 Å². The number of hydrogen-bond donors (Lipinski definition) is 0. The van der Waals surface area contributed by atoms with E-state index in [1.165, 1.54) is 4.88 Å². The second-order valence-electron chi connectivity index (χ2n) is 3.78. The van der Waals surface area contributed by atoms with Gasteiger partial charge in [-0.3, -0.25) is 0 Å². The highest BCUT2D eigenvalue weighted by atomic mass is 32.1. The Labute approximate surface area is 105 Å². The van der Waals surface area contributed by atoms with E-state index in [-0.39, 0.29) is 11.7 Å². The van der Waals surface area contributed by atoms with Crippen molar-refractivity contribution in [3.8, 4) is 6.07 Å². The van der Waals surface area contributed by atoms with Crippen LogP contribution in [-0.2, 0) is 16.0 Å². The zero-order valence-corrected chi connectivity index (χ0v) is 11.0. The van der Waals surface area contributed by atoms with Crippen LogP contribution in [0.15, 0.2) is 17.7 Å². The molecule has 17 heavy (non-hydrogen) atoms. The third kappa shape index (κ3) is 4.04. The maximum atomic E-state index is 11.6. The fourth-order valence-electron chi connectivity index (χ4n) is 1.22. The van der Waals surface area contributed by atoms with Crippen LogP contribution in [-0.4, -0.2) is 12.1 Å². The summed E-state index contributed by atoms with van der Waals surface area (Å²) in [4.78, 5) is 13.7. The molecule has 0 aliphatic heterocycles. The summed E-state index contributed by atoms with van der Waals surface area (Å²) >= 11 is 1.58. The Hall–Kier alpha value is -1.60. The van der Waals surface area contributed by atoms with Gasteiger partial charge in [0.1, 0.15) is 11.6 Å². The van der Waals surface area contributed by atoms with Crippen LogP contribution in [0.2, 0.25) is 0 Å². The molecule has 0 bridgehead atoms. The number of nitrogens with zero attached hydrogens (tertiary/aromatic N) is 1. The van der Waals surface area contributed by atoms with E-state index in [0.717, 1.165) is 11.3 Å². The number of hydrogen-bond acceptors (Lipinski definition) is 4. The van der Waals surface area contributed by atoms with Crippen LogP contribution in [0, 0.1) is 11.3 Å². The largest absolute Gasteiger partial charge is 0.459 e. The van der Waals surface area contributed by atoms with Gasteiger partial charge >= 0.3 is 5.97 Å². The molecule has 0 radical (unpaired) electrons. The number of ether oxygens (including phenoxy) is 1. The fraction of sp³-hybridized carbons (Fsp3) is 0.385. The van der Waals surface area contributed by atoms with Crippen LogP contribution >= 0.6 is 11.3 Å². The zero-order valence-electron chi connectivity index (χ0n) is 10.2. The Balaban J connectivity index is 2.87. The van der Waals surface area contributed by atoms with Gasteiger partial charge in [0.15, 0.2) is 0 Å². The summed E-state index contributed by atoms with van der Waals surface area (Å²) in [5, 5.41) is 8.92. The van der Waals surface area contributed by atoms with Crippen molar-refractivity contribution < 1.29 is 9.53 Å². The van der Waals surface area contributed by atoms with Crippen LogP contribution in [0.1, 0.15) is 30.5 Å². The topological polar surface area (TPSA) is 50.1 Å². The third-order valence-electron chi connectivity index (χ3n) is 2.00. The highest BCUT2D eigenvalue weighted by molar-refractivity contribution is 7.12. The average molecular weight is 249 g/mol. The van der Waals surface area contributed by atoms with Crippen molar-refractivity contribution in [3.63, 3.8) is 0 Å². The maximum Gasteiger partial charge on any atom is 0.349 e. The van der Waals surface area contributed by atoms with Crippen LogP contribution in [0.25, 0.3) is 6.08 Å². The second-order valence-corrected chi connectivity index (χ2v) is 4.98. The Bertz CT molecular complexity index is 466. The molecule has 0 aromatic carbocycles. The molecule has 0 unspecified atom stereocenters. The molecule has 0 saturated heterocycles. The molecule has 1 rings (SSSR count). The van der Waals surface area contributed by atoms with E-state index in [2.05, 4.69) is 6.92 Å². The van der Waals surface area contributed by atoms with E-state index in [1.54, 1.807) is 31.3 Å². The minimum absolute atomic E-state index is 0.0446. The number of nitriles is 1. The van der Waals surface area contributed by atoms with Gasteiger partial charge in [-0.05, 0) is 38.5 Å². The second kappa shape index (κ2) is 6.21. The summed E-state index contributed by atoms with van der Waals surface area (Å²) in [6, 6.07) is 5.78. The highest BCUT2D eigenvalue weighted by Gasteiger charge is 2.12. The quantitative estimate of drug-likeness (QED) is 0.468. The molecular weight excluding hydrogens is 234 g/mol. The van der Waals surface area contributed by atoms with Crippen LogP contribution in [0.3, 0.4) is 0 Å². The van der Waals surface area contributed by atoms with Crippen molar-refractivity contribution in [1.82, 2.24) is 0 Å². The van der Waals surface area contributed by atoms with Gasteiger partial charge in [-0.1, -0.05) is 6.92 Å². The maximum absolute atomic E-state index is 11.6. The Kier molecular flexibility index (Phi) is 4.92. The summed E-state index contributed by atoms with van der Waals surface area (Å²) in [7, 11) is 0. The molecule has 3 nitrogen and oxygen atoms in total. The Morgan fingerprint density at radius 2 is 2.29 bits per heavy atom. The van der Waals surface area contributed by atoms with Gasteiger partial charge in [-0.25, -0.2) is 4.79 Å². The number of carbonyl (C=O) groups excluding carboxylic acids is 1. The molecular formula is C13H15NO2S. The molecule has 0 fully saturated rings. The van der Waals surface area contributed by atoms with E-state index in [0.29, 0.717) is 0 Å². The number of esters is 1. The van der Waals surface area contributed by atoms with E-state index < -0.39 is 5.97 Å². The molecule has 0 amide bonds. The van der Waals surface area contributed by atoms with Crippen molar-refractivity contribution >= 4 is 23.4 Å². The fourth-order valence-corrected chi connectivity index (χ4v) is 2.11. The average Bonchev–Trinajstić information content (AvgIpc) is 2.72. The SMILES string of the molecule is CCc1ccc(/C=C(\C#N)C(=O)OC(C)C)s1. The lowest BCUT2D eigenvalue weighted by Crippen LogP contribution is -2.12. The van der Waals surface area contributed by atoms with Crippen molar-refractivity contribution in [1.29, 1.82) is 5.26 Å². The lowest BCUT2D eigenvalue weighted by Gasteiger charge is -2.05. The third-order valence-corrected chi connectivity index (χ3v) is 3.18. The molecule has 0 aliphatic carbocycles. The summed E-state index contributed by atoms with van der Waals surface area (Å²) < 4.78 is 4.98. The minimum Gasteiger partial charge on any atom is -0.459 e. The van der Waals surface area contributed by atoms with Crippen molar-refractivity contribution in [2.75, 3.05) is 0 Å². The van der Waals surface area contributed by atoms with E-state index in [1.807, 2.05) is 18.2 Å². The zero-order chi connectivity index (χ0) is 12.8. The first kappa shape index (κ1) is 13.5. The lowest BCUT2D eigenvalue weighted by molar-refractivity contribution is -0.142. The molecule has 90 valence electrons. The predicted molar refractivity (Wildman–Crippen MR) is 68.5 cm³/mol. The first-order valence-corrected chi connectivity index (χ1v) is 6.30. The molecule has 1 aromatic rings. The Morgan fingerprint density at radius 3 is 2.76 bits per heavy atom. The summed E-state index contributed by atoms with van der Waals surface area (Å²) in [5.74, 6) is -0.561. The molecule has 4 heteroatoms. The molecule has 0 saturated carbocycles. The first-order valence-electron chi connectivity index (χ1n) is 5.48. The smallest absolute Gasteiger partial charge is 0.349 e. The van der Waals surface area contributed by atoms with Crippen molar-refractivity contribution in [2.45, 2.75) is 33.3 Å². The van der Waals surface area contributed by atoms with Crippen molar-refractivity contribution in [2.24, 2.45) is 0 Å². The van der Waals surface area contributed by atoms with Crippen molar-refractivity contribution in [3.05, 3.63) is 27.5 Å². The van der Waals surface area contributed by atoms with E-state index in [9.17, 15) is 4.79 Å². The standard InChI is InChI=1S/C13H15NO2S/c1-4-11-5-6-12(17-11)7-10(8-14)13(15)16-9(2)3/h5-7,9H,4H2,1-3H3/b10-7+. The molecule has 0 aliphatic rings. The molecule has 1 aromatic heterocycles. The van der Waals surface area contributed by atoms with Gasteiger partial charge in [-0.2, -0.15) is 5.26 Å². The van der Waals surface area contributed by atoms with E-state index >= 15 is 0 Å². The predicted octanol–water partition coefficient (Wildman–Crippen LogP) is 3.17. The van der Waals surface area contributed by atoms with Gasteiger partial charge in [-0.15, -0.1) is 11.3 Å². The van der Waals surface area contributed by atoms with Crippen LogP contribution < -0.4 is 0 Å². The summed E-state index contributed by atoms with van der Waals surface area (Å²) in [6.45, 7) is 5.58. The minimum atomic E-state index is -0.561. The monoisotopic (exact) mass is 249 g/mol. The van der Waals surface area contributed by atoms with Gasteiger partial charge in [0.2, 0.25) is 0 Å². The lowest BCUT2D eigenvalue weighted by atomic mass is 10.2. The highest BCUT2D eigenvalue weighted by Crippen LogP contribution is 2.20. The molecule has 0 atom stereocenters. The Morgan fingerprint density at radius 1 is 1.59 bits per heavy atom. The van der Waals surface area contributed by atoms with Crippen LogP contribution in [0.5, 0.6) is 0 Å². The number of rotatable bonds is 4. The summed E-state index contributed by atoms with van der Waals surface area (Å²) in [6.07, 6.45) is 2.32.